The quantitative estimate of drug-likeness (QED) is 0.725. The second-order valence-corrected chi connectivity index (χ2v) is 6.59. The molecule has 21 heavy (non-hydrogen) atoms. The van der Waals surface area contributed by atoms with Gasteiger partial charge in [-0.05, 0) is 18.1 Å². The number of halogens is 1. The Morgan fingerprint density at radius 3 is 2.76 bits per heavy atom. The molecule has 2 heterocycles. The molecule has 0 saturated carbocycles. The smallest absolute Gasteiger partial charge is 0.262 e. The Hall–Kier alpha value is -1.65. The predicted molar refractivity (Wildman–Crippen MR) is 88.4 cm³/mol. The van der Waals surface area contributed by atoms with Crippen molar-refractivity contribution >= 4 is 33.2 Å². The summed E-state index contributed by atoms with van der Waals surface area (Å²) in [5, 5.41) is 0.612. The van der Waals surface area contributed by atoms with Crippen molar-refractivity contribution in [2.24, 2.45) is 0 Å². The second kappa shape index (κ2) is 6.00. The summed E-state index contributed by atoms with van der Waals surface area (Å²) in [6.07, 6.45) is 1.74. The molecule has 0 radical (unpaired) electrons. The number of fused-ring (bicyclic) bond motifs is 1. The van der Waals surface area contributed by atoms with Crippen LogP contribution < -0.4 is 5.56 Å². The van der Waals surface area contributed by atoms with E-state index < -0.39 is 0 Å². The van der Waals surface area contributed by atoms with Crippen LogP contribution in [0.4, 0.5) is 0 Å². The third-order valence-corrected chi connectivity index (χ3v) is 4.52. The van der Waals surface area contributed by atoms with Crippen LogP contribution in [0.1, 0.15) is 24.7 Å². The molecule has 0 saturated heterocycles. The highest BCUT2D eigenvalue weighted by atomic mass is 35.5. The molecule has 108 valence electrons. The Balaban J connectivity index is 2.16. The van der Waals surface area contributed by atoms with Gasteiger partial charge in [0, 0.05) is 6.42 Å². The molecule has 2 aromatic heterocycles. The number of aryl methyl sites for hydroxylation is 1. The van der Waals surface area contributed by atoms with Crippen LogP contribution >= 0.6 is 22.9 Å². The lowest BCUT2D eigenvalue weighted by Gasteiger charge is -2.11. The van der Waals surface area contributed by atoms with Crippen molar-refractivity contribution in [3.8, 4) is 0 Å². The molecule has 0 aliphatic rings. The van der Waals surface area contributed by atoms with Gasteiger partial charge in [0.25, 0.3) is 5.56 Å². The van der Waals surface area contributed by atoms with Crippen LogP contribution in [0.5, 0.6) is 0 Å². The van der Waals surface area contributed by atoms with Gasteiger partial charge in [-0.15, -0.1) is 11.3 Å². The van der Waals surface area contributed by atoms with Crippen molar-refractivity contribution in [1.82, 2.24) is 9.55 Å². The van der Waals surface area contributed by atoms with Gasteiger partial charge in [0.1, 0.15) is 10.7 Å². The SMILES string of the molecule is CCCc1nc2sc(Cl)cc2c(=O)n1Cc1ccccc1. The molecule has 0 bridgehead atoms. The molecular weight excluding hydrogens is 304 g/mol. The number of aromatic nitrogens is 2. The van der Waals surface area contributed by atoms with Crippen molar-refractivity contribution < 1.29 is 0 Å². The van der Waals surface area contributed by atoms with Gasteiger partial charge in [-0.3, -0.25) is 9.36 Å². The number of hydrogen-bond donors (Lipinski definition) is 0. The number of hydrogen-bond acceptors (Lipinski definition) is 3. The largest absolute Gasteiger partial charge is 0.292 e. The van der Waals surface area contributed by atoms with E-state index in [0.717, 1.165) is 29.1 Å². The van der Waals surface area contributed by atoms with Crippen molar-refractivity contribution in [2.45, 2.75) is 26.3 Å². The average molecular weight is 319 g/mol. The van der Waals surface area contributed by atoms with Crippen LogP contribution in [-0.2, 0) is 13.0 Å². The first kappa shape index (κ1) is 14.3. The fraction of sp³-hybridized carbons (Fsp3) is 0.250. The van der Waals surface area contributed by atoms with Crippen molar-refractivity contribution in [3.05, 3.63) is 62.5 Å². The molecule has 0 amide bonds. The third kappa shape index (κ3) is 2.87. The lowest BCUT2D eigenvalue weighted by atomic mass is 10.2. The third-order valence-electron chi connectivity index (χ3n) is 3.36. The summed E-state index contributed by atoms with van der Waals surface area (Å²) in [5.74, 6) is 0.831. The topological polar surface area (TPSA) is 34.9 Å². The summed E-state index contributed by atoms with van der Waals surface area (Å²) < 4.78 is 2.37. The molecule has 3 nitrogen and oxygen atoms in total. The number of benzene rings is 1. The zero-order valence-corrected chi connectivity index (χ0v) is 13.2. The molecule has 0 spiro atoms. The summed E-state index contributed by atoms with van der Waals surface area (Å²) in [6, 6.07) is 11.7. The van der Waals surface area contributed by atoms with Crippen LogP contribution in [0.25, 0.3) is 10.2 Å². The zero-order valence-electron chi connectivity index (χ0n) is 11.7. The van der Waals surface area contributed by atoms with Gasteiger partial charge in [-0.2, -0.15) is 0 Å². The van der Waals surface area contributed by atoms with Gasteiger partial charge in [-0.1, -0.05) is 48.9 Å². The Kier molecular flexibility index (Phi) is 4.08. The Morgan fingerprint density at radius 1 is 1.29 bits per heavy atom. The standard InChI is InChI=1S/C16H15ClN2OS/c1-2-6-14-18-15-12(9-13(17)21-15)16(20)19(14)10-11-7-4-3-5-8-11/h3-5,7-9H,2,6,10H2,1H3. The first-order valence-electron chi connectivity index (χ1n) is 6.91. The first-order chi connectivity index (χ1) is 10.2. The van der Waals surface area contributed by atoms with Gasteiger partial charge >= 0.3 is 0 Å². The van der Waals surface area contributed by atoms with Gasteiger partial charge in [0.2, 0.25) is 0 Å². The van der Waals surface area contributed by atoms with Gasteiger partial charge < -0.3 is 0 Å². The van der Waals surface area contributed by atoms with E-state index in [-0.39, 0.29) is 5.56 Å². The highest BCUT2D eigenvalue weighted by Crippen LogP contribution is 2.26. The minimum atomic E-state index is -0.00421. The van der Waals surface area contributed by atoms with Crippen LogP contribution in [-0.4, -0.2) is 9.55 Å². The van der Waals surface area contributed by atoms with E-state index in [1.54, 1.807) is 10.6 Å². The Labute approximate surface area is 131 Å². The van der Waals surface area contributed by atoms with E-state index in [1.165, 1.54) is 11.3 Å². The normalized spacial score (nSPS) is 11.1. The molecule has 0 atom stereocenters. The minimum absolute atomic E-state index is 0.00421. The first-order valence-corrected chi connectivity index (χ1v) is 8.11. The van der Waals surface area contributed by atoms with Crippen molar-refractivity contribution in [3.63, 3.8) is 0 Å². The van der Waals surface area contributed by atoms with Gasteiger partial charge in [0.15, 0.2) is 0 Å². The summed E-state index contributed by atoms with van der Waals surface area (Å²) in [6.45, 7) is 2.63. The predicted octanol–water partition coefficient (Wildman–Crippen LogP) is 4.11. The van der Waals surface area contributed by atoms with Crippen LogP contribution in [0.15, 0.2) is 41.2 Å². The van der Waals surface area contributed by atoms with E-state index in [2.05, 4.69) is 11.9 Å². The maximum absolute atomic E-state index is 12.7. The number of nitrogens with zero attached hydrogens (tertiary/aromatic N) is 2. The lowest BCUT2D eigenvalue weighted by Crippen LogP contribution is -2.25. The van der Waals surface area contributed by atoms with Crippen LogP contribution in [0.2, 0.25) is 4.34 Å². The average Bonchev–Trinajstić information content (AvgIpc) is 2.85. The summed E-state index contributed by atoms with van der Waals surface area (Å²) in [4.78, 5) is 18.1. The van der Waals surface area contributed by atoms with E-state index >= 15 is 0 Å². The molecule has 0 N–H and O–H groups in total. The lowest BCUT2D eigenvalue weighted by molar-refractivity contribution is 0.666. The van der Waals surface area contributed by atoms with Crippen molar-refractivity contribution in [2.75, 3.05) is 0 Å². The fourth-order valence-electron chi connectivity index (χ4n) is 2.37. The monoisotopic (exact) mass is 318 g/mol. The van der Waals surface area contributed by atoms with E-state index in [4.69, 9.17) is 11.6 Å². The Bertz CT molecular complexity index is 823. The Morgan fingerprint density at radius 2 is 2.05 bits per heavy atom. The maximum Gasteiger partial charge on any atom is 0.262 e. The second-order valence-electron chi connectivity index (χ2n) is 4.92. The van der Waals surface area contributed by atoms with E-state index in [1.807, 2.05) is 30.3 Å². The molecule has 0 unspecified atom stereocenters. The zero-order chi connectivity index (χ0) is 14.8. The summed E-state index contributed by atoms with van der Waals surface area (Å²) >= 11 is 7.39. The molecule has 1 aromatic carbocycles. The van der Waals surface area contributed by atoms with Crippen LogP contribution in [0.3, 0.4) is 0 Å². The maximum atomic E-state index is 12.7. The summed E-state index contributed by atoms with van der Waals surface area (Å²) in [5.41, 5.74) is 1.09. The van der Waals surface area contributed by atoms with Crippen molar-refractivity contribution in [1.29, 1.82) is 0 Å². The number of thiophene rings is 1. The van der Waals surface area contributed by atoms with Gasteiger partial charge in [0.05, 0.1) is 16.3 Å². The molecule has 0 aliphatic heterocycles. The fourth-order valence-corrected chi connectivity index (χ4v) is 3.47. The minimum Gasteiger partial charge on any atom is -0.292 e. The molecule has 5 heteroatoms. The number of rotatable bonds is 4. The highest BCUT2D eigenvalue weighted by molar-refractivity contribution is 7.22. The molecule has 3 aromatic rings. The molecule has 0 aliphatic carbocycles. The highest BCUT2D eigenvalue weighted by Gasteiger charge is 2.13. The summed E-state index contributed by atoms with van der Waals surface area (Å²) in [7, 11) is 0. The van der Waals surface area contributed by atoms with Gasteiger partial charge in [-0.25, -0.2) is 4.98 Å². The molecular formula is C16H15ClN2OS. The molecule has 3 rings (SSSR count). The van der Waals surface area contributed by atoms with E-state index in [0.29, 0.717) is 16.3 Å². The molecule has 0 fully saturated rings. The van der Waals surface area contributed by atoms with Crippen LogP contribution in [0, 0.1) is 0 Å². The van der Waals surface area contributed by atoms with E-state index in [9.17, 15) is 4.79 Å².